The molecular formula is C13H11N3O2. The molecule has 5 nitrogen and oxygen atoms in total. The smallest absolute Gasteiger partial charge is 0.145 e. The Morgan fingerprint density at radius 2 is 2.06 bits per heavy atom. The van der Waals surface area contributed by atoms with E-state index in [2.05, 4.69) is 5.32 Å². The zero-order valence-electron chi connectivity index (χ0n) is 9.59. The third kappa shape index (κ3) is 2.79. The number of nitrogens with zero attached hydrogens (tertiary/aromatic N) is 2. The summed E-state index contributed by atoms with van der Waals surface area (Å²) < 4.78 is 10.7. The lowest BCUT2D eigenvalue weighted by molar-refractivity contribution is -0.0793. The van der Waals surface area contributed by atoms with Crippen molar-refractivity contribution < 1.29 is 9.47 Å². The van der Waals surface area contributed by atoms with Crippen molar-refractivity contribution in [2.45, 2.75) is 6.10 Å². The van der Waals surface area contributed by atoms with Gasteiger partial charge in [0.25, 0.3) is 0 Å². The van der Waals surface area contributed by atoms with Gasteiger partial charge in [-0.1, -0.05) is 12.1 Å². The van der Waals surface area contributed by atoms with E-state index in [1.54, 1.807) is 12.1 Å². The molecule has 0 aromatic heterocycles. The van der Waals surface area contributed by atoms with Gasteiger partial charge < -0.3 is 14.8 Å². The third-order valence-corrected chi connectivity index (χ3v) is 2.40. The second kappa shape index (κ2) is 5.72. The molecule has 0 bridgehead atoms. The largest absolute Gasteiger partial charge is 0.483 e. The maximum absolute atomic E-state index is 8.64. The SMILES string of the molecule is N#CC(C#N)=CNc1ccccc1OC1COC1. The third-order valence-electron chi connectivity index (χ3n) is 2.40. The Kier molecular flexibility index (Phi) is 3.80. The van der Waals surface area contributed by atoms with Gasteiger partial charge in [-0.15, -0.1) is 0 Å². The van der Waals surface area contributed by atoms with Crippen molar-refractivity contribution in [3.05, 3.63) is 36.0 Å². The zero-order chi connectivity index (χ0) is 12.8. The lowest BCUT2D eigenvalue weighted by Crippen LogP contribution is -2.38. The highest BCUT2D eigenvalue weighted by atomic mass is 16.6. The van der Waals surface area contributed by atoms with Crippen molar-refractivity contribution in [1.29, 1.82) is 10.5 Å². The number of anilines is 1. The number of ether oxygens (including phenoxy) is 2. The maximum Gasteiger partial charge on any atom is 0.145 e. The normalized spacial score (nSPS) is 13.7. The molecule has 0 radical (unpaired) electrons. The number of nitrogens with one attached hydrogen (secondary N) is 1. The molecule has 0 atom stereocenters. The molecule has 2 rings (SSSR count). The number of allylic oxidation sites excluding steroid dienone is 1. The van der Waals surface area contributed by atoms with Crippen LogP contribution in [0.15, 0.2) is 36.0 Å². The maximum atomic E-state index is 8.64. The molecular weight excluding hydrogens is 230 g/mol. The van der Waals surface area contributed by atoms with Gasteiger partial charge in [0.1, 0.15) is 29.6 Å². The Labute approximate surface area is 105 Å². The average molecular weight is 241 g/mol. The number of nitriles is 2. The summed E-state index contributed by atoms with van der Waals surface area (Å²) in [4.78, 5) is 0. The molecule has 1 N–H and O–H groups in total. The van der Waals surface area contributed by atoms with Gasteiger partial charge in [-0.25, -0.2) is 0 Å². The monoisotopic (exact) mass is 241 g/mol. The number of para-hydroxylation sites is 2. The molecule has 1 aromatic carbocycles. The van der Waals surface area contributed by atoms with E-state index in [0.29, 0.717) is 24.7 Å². The second-order valence-corrected chi connectivity index (χ2v) is 3.70. The predicted octanol–water partition coefficient (Wildman–Crippen LogP) is 1.81. The predicted molar refractivity (Wildman–Crippen MR) is 64.6 cm³/mol. The lowest BCUT2D eigenvalue weighted by atomic mass is 10.2. The van der Waals surface area contributed by atoms with Crippen LogP contribution in [0, 0.1) is 22.7 Å². The first kappa shape index (κ1) is 12.0. The van der Waals surface area contributed by atoms with E-state index in [1.807, 2.05) is 24.3 Å². The summed E-state index contributed by atoms with van der Waals surface area (Å²) in [5, 5.41) is 20.2. The highest BCUT2D eigenvalue weighted by Crippen LogP contribution is 2.26. The van der Waals surface area contributed by atoms with Gasteiger partial charge in [0, 0.05) is 6.20 Å². The molecule has 90 valence electrons. The fourth-order valence-corrected chi connectivity index (χ4v) is 1.39. The van der Waals surface area contributed by atoms with Crippen LogP contribution < -0.4 is 10.1 Å². The molecule has 0 unspecified atom stereocenters. The zero-order valence-corrected chi connectivity index (χ0v) is 9.59. The molecule has 0 spiro atoms. The fraction of sp³-hybridized carbons (Fsp3) is 0.231. The molecule has 0 saturated carbocycles. The fourth-order valence-electron chi connectivity index (χ4n) is 1.39. The summed E-state index contributed by atoms with van der Waals surface area (Å²) in [7, 11) is 0. The summed E-state index contributed by atoms with van der Waals surface area (Å²) in [5.74, 6) is 0.678. The lowest BCUT2D eigenvalue weighted by Gasteiger charge is -2.27. The number of hydrogen-bond donors (Lipinski definition) is 1. The van der Waals surface area contributed by atoms with Crippen molar-refractivity contribution in [3.63, 3.8) is 0 Å². The highest BCUT2D eigenvalue weighted by Gasteiger charge is 2.20. The molecule has 1 saturated heterocycles. The van der Waals surface area contributed by atoms with E-state index in [1.165, 1.54) is 6.20 Å². The first-order valence-electron chi connectivity index (χ1n) is 5.44. The topological polar surface area (TPSA) is 78.1 Å². The quantitative estimate of drug-likeness (QED) is 0.813. The molecule has 5 heteroatoms. The van der Waals surface area contributed by atoms with Crippen LogP contribution in [0.3, 0.4) is 0 Å². The summed E-state index contributed by atoms with van der Waals surface area (Å²) in [6, 6.07) is 10.9. The van der Waals surface area contributed by atoms with Crippen molar-refractivity contribution in [2.24, 2.45) is 0 Å². The van der Waals surface area contributed by atoms with Crippen LogP contribution in [-0.4, -0.2) is 19.3 Å². The van der Waals surface area contributed by atoms with Gasteiger partial charge in [-0.05, 0) is 12.1 Å². The van der Waals surface area contributed by atoms with Gasteiger partial charge in [-0.3, -0.25) is 0 Å². The van der Waals surface area contributed by atoms with Crippen molar-refractivity contribution >= 4 is 5.69 Å². The van der Waals surface area contributed by atoms with E-state index in [0.717, 1.165) is 0 Å². The van der Waals surface area contributed by atoms with Crippen LogP contribution in [0.2, 0.25) is 0 Å². The summed E-state index contributed by atoms with van der Waals surface area (Å²) in [6.45, 7) is 1.18. The van der Waals surface area contributed by atoms with E-state index in [-0.39, 0.29) is 11.7 Å². The van der Waals surface area contributed by atoms with Crippen LogP contribution in [0.4, 0.5) is 5.69 Å². The molecule has 1 aromatic rings. The Morgan fingerprint density at radius 3 is 2.67 bits per heavy atom. The van der Waals surface area contributed by atoms with Crippen molar-refractivity contribution in [3.8, 4) is 17.9 Å². The number of hydrogen-bond acceptors (Lipinski definition) is 5. The molecule has 1 fully saturated rings. The van der Waals surface area contributed by atoms with Gasteiger partial charge in [-0.2, -0.15) is 10.5 Å². The number of benzene rings is 1. The molecule has 0 aliphatic carbocycles. The minimum absolute atomic E-state index is 0.0109. The van der Waals surface area contributed by atoms with E-state index in [4.69, 9.17) is 20.0 Å². The standard InChI is InChI=1S/C13H11N3O2/c14-5-10(6-15)7-16-12-3-1-2-4-13(12)18-11-8-17-9-11/h1-4,7,11,16H,8-9H2. The van der Waals surface area contributed by atoms with Crippen molar-refractivity contribution in [1.82, 2.24) is 0 Å². The molecule has 1 heterocycles. The summed E-state index contributed by atoms with van der Waals surface area (Å²) >= 11 is 0. The second-order valence-electron chi connectivity index (χ2n) is 3.70. The van der Waals surface area contributed by atoms with Crippen LogP contribution in [-0.2, 0) is 4.74 Å². The highest BCUT2D eigenvalue weighted by molar-refractivity contribution is 5.59. The Hall–Kier alpha value is -2.50. The van der Waals surface area contributed by atoms with E-state index >= 15 is 0 Å². The van der Waals surface area contributed by atoms with Crippen LogP contribution in [0.1, 0.15) is 0 Å². The first-order valence-corrected chi connectivity index (χ1v) is 5.44. The van der Waals surface area contributed by atoms with E-state index in [9.17, 15) is 0 Å². The van der Waals surface area contributed by atoms with Gasteiger partial charge in [0.15, 0.2) is 0 Å². The first-order chi connectivity index (χ1) is 8.83. The summed E-state index contributed by atoms with van der Waals surface area (Å²) in [6.07, 6.45) is 1.43. The van der Waals surface area contributed by atoms with Crippen LogP contribution in [0.25, 0.3) is 0 Å². The Bertz CT molecular complexity index is 520. The molecule has 18 heavy (non-hydrogen) atoms. The van der Waals surface area contributed by atoms with E-state index < -0.39 is 0 Å². The summed E-state index contributed by atoms with van der Waals surface area (Å²) in [5.41, 5.74) is 0.726. The number of rotatable bonds is 4. The van der Waals surface area contributed by atoms with Gasteiger partial charge in [0.05, 0.1) is 18.9 Å². The minimum Gasteiger partial charge on any atom is -0.483 e. The Balaban J connectivity index is 2.10. The molecule has 0 amide bonds. The van der Waals surface area contributed by atoms with Crippen LogP contribution >= 0.6 is 0 Å². The van der Waals surface area contributed by atoms with Crippen LogP contribution in [0.5, 0.6) is 5.75 Å². The average Bonchev–Trinajstić information content (AvgIpc) is 2.36. The minimum atomic E-state index is 0.0109. The Morgan fingerprint density at radius 1 is 1.33 bits per heavy atom. The van der Waals surface area contributed by atoms with Gasteiger partial charge >= 0.3 is 0 Å². The van der Waals surface area contributed by atoms with Crippen molar-refractivity contribution in [2.75, 3.05) is 18.5 Å². The van der Waals surface area contributed by atoms with Gasteiger partial charge in [0.2, 0.25) is 0 Å². The molecule has 1 aliphatic rings. The molecule has 1 aliphatic heterocycles.